The van der Waals surface area contributed by atoms with E-state index in [1.54, 1.807) is 0 Å². The molecule has 7 heteroatoms. The van der Waals surface area contributed by atoms with Crippen LogP contribution in [0.5, 0.6) is 0 Å². The van der Waals surface area contributed by atoms with E-state index in [-0.39, 0.29) is 16.8 Å². The summed E-state index contributed by atoms with van der Waals surface area (Å²) in [5, 5.41) is 2.74. The molecule has 0 atom stereocenters. The molecule has 0 fully saturated rings. The molecule has 0 heterocycles. The molecular formula is C16H17FN2O3S. The predicted octanol–water partition coefficient (Wildman–Crippen LogP) is 2.76. The Balaban J connectivity index is 2.14. The minimum Gasteiger partial charge on any atom is -0.350 e. The van der Waals surface area contributed by atoms with Crippen molar-refractivity contribution in [2.75, 3.05) is 4.72 Å². The summed E-state index contributed by atoms with van der Waals surface area (Å²) < 4.78 is 39.6. The van der Waals surface area contributed by atoms with Crippen LogP contribution in [0, 0.1) is 5.82 Å². The highest BCUT2D eigenvalue weighted by Crippen LogP contribution is 2.17. The van der Waals surface area contributed by atoms with Crippen molar-refractivity contribution in [3.8, 4) is 0 Å². The molecule has 5 nitrogen and oxygen atoms in total. The Bertz CT molecular complexity index is 785. The summed E-state index contributed by atoms with van der Waals surface area (Å²) >= 11 is 0. The first kappa shape index (κ1) is 17.0. The van der Waals surface area contributed by atoms with E-state index >= 15 is 0 Å². The van der Waals surface area contributed by atoms with Crippen molar-refractivity contribution in [1.29, 1.82) is 0 Å². The van der Waals surface area contributed by atoms with E-state index in [4.69, 9.17) is 0 Å². The van der Waals surface area contributed by atoms with Gasteiger partial charge in [0.2, 0.25) is 0 Å². The highest BCUT2D eigenvalue weighted by Gasteiger charge is 2.14. The quantitative estimate of drug-likeness (QED) is 0.881. The smallest absolute Gasteiger partial charge is 0.261 e. The third kappa shape index (κ3) is 4.53. The summed E-state index contributed by atoms with van der Waals surface area (Å²) in [6, 6.07) is 10.6. The van der Waals surface area contributed by atoms with Crippen LogP contribution in [0.2, 0.25) is 0 Å². The molecular weight excluding hydrogens is 319 g/mol. The number of anilines is 1. The van der Waals surface area contributed by atoms with Crippen LogP contribution >= 0.6 is 0 Å². The Morgan fingerprint density at radius 1 is 1.00 bits per heavy atom. The topological polar surface area (TPSA) is 75.3 Å². The zero-order chi connectivity index (χ0) is 17.0. The van der Waals surface area contributed by atoms with Crippen LogP contribution in [0.3, 0.4) is 0 Å². The van der Waals surface area contributed by atoms with Crippen LogP contribution in [-0.2, 0) is 10.0 Å². The van der Waals surface area contributed by atoms with Crippen LogP contribution in [0.25, 0.3) is 0 Å². The van der Waals surface area contributed by atoms with E-state index in [9.17, 15) is 17.6 Å². The molecule has 0 saturated heterocycles. The maximum absolute atomic E-state index is 12.9. The lowest BCUT2D eigenvalue weighted by Crippen LogP contribution is -2.30. The maximum atomic E-state index is 12.9. The van der Waals surface area contributed by atoms with Crippen LogP contribution in [0.15, 0.2) is 53.4 Å². The fraction of sp³-hybridized carbons (Fsp3) is 0.188. The Morgan fingerprint density at radius 3 is 2.09 bits per heavy atom. The van der Waals surface area contributed by atoms with Gasteiger partial charge in [-0.2, -0.15) is 0 Å². The van der Waals surface area contributed by atoms with E-state index in [0.717, 1.165) is 12.1 Å². The average molecular weight is 336 g/mol. The average Bonchev–Trinajstić information content (AvgIpc) is 2.47. The molecule has 0 radical (unpaired) electrons. The van der Waals surface area contributed by atoms with E-state index in [1.807, 2.05) is 13.8 Å². The van der Waals surface area contributed by atoms with Crippen molar-refractivity contribution in [2.45, 2.75) is 24.8 Å². The van der Waals surface area contributed by atoms with Gasteiger partial charge in [-0.25, -0.2) is 12.8 Å². The largest absolute Gasteiger partial charge is 0.350 e. The van der Waals surface area contributed by atoms with Crippen molar-refractivity contribution >= 4 is 21.6 Å². The number of halogens is 1. The molecule has 2 aromatic rings. The number of amides is 1. The van der Waals surface area contributed by atoms with Gasteiger partial charge < -0.3 is 5.32 Å². The van der Waals surface area contributed by atoms with E-state index in [0.29, 0.717) is 11.3 Å². The van der Waals surface area contributed by atoms with Gasteiger partial charge in [-0.1, -0.05) is 0 Å². The first-order valence-electron chi connectivity index (χ1n) is 6.97. The summed E-state index contributed by atoms with van der Waals surface area (Å²) in [6.45, 7) is 3.70. The second kappa shape index (κ2) is 6.78. The number of rotatable bonds is 5. The van der Waals surface area contributed by atoms with E-state index in [1.165, 1.54) is 36.4 Å². The number of benzene rings is 2. The predicted molar refractivity (Wildman–Crippen MR) is 86.3 cm³/mol. The van der Waals surface area contributed by atoms with Crippen LogP contribution in [0.4, 0.5) is 10.1 Å². The standard InChI is InChI=1S/C16H17FN2O3S/c1-11(2)18-16(20)12-3-7-14(8-4-12)19-23(21,22)15-9-5-13(17)6-10-15/h3-11,19H,1-2H3,(H,18,20). The molecule has 122 valence electrons. The van der Waals surface area contributed by atoms with Gasteiger partial charge in [-0.3, -0.25) is 9.52 Å². The third-order valence-corrected chi connectivity index (χ3v) is 4.34. The number of nitrogens with one attached hydrogen (secondary N) is 2. The maximum Gasteiger partial charge on any atom is 0.261 e. The van der Waals surface area contributed by atoms with Gasteiger partial charge in [-0.05, 0) is 62.4 Å². The lowest BCUT2D eigenvalue weighted by Gasteiger charge is -2.10. The Morgan fingerprint density at radius 2 is 1.57 bits per heavy atom. The highest BCUT2D eigenvalue weighted by atomic mass is 32.2. The summed E-state index contributed by atoms with van der Waals surface area (Å²) in [4.78, 5) is 11.8. The van der Waals surface area contributed by atoms with Crippen LogP contribution in [0.1, 0.15) is 24.2 Å². The van der Waals surface area contributed by atoms with E-state index < -0.39 is 15.8 Å². The van der Waals surface area contributed by atoms with Gasteiger partial charge in [0.05, 0.1) is 4.90 Å². The number of carbonyl (C=O) groups excluding carboxylic acids is 1. The zero-order valence-corrected chi connectivity index (χ0v) is 13.5. The molecule has 0 aromatic heterocycles. The molecule has 0 bridgehead atoms. The lowest BCUT2D eigenvalue weighted by atomic mass is 10.2. The fourth-order valence-electron chi connectivity index (χ4n) is 1.86. The molecule has 2 aromatic carbocycles. The molecule has 0 aliphatic heterocycles. The van der Waals surface area contributed by atoms with Crippen molar-refractivity contribution in [3.05, 3.63) is 59.9 Å². The van der Waals surface area contributed by atoms with Crippen molar-refractivity contribution in [1.82, 2.24) is 5.32 Å². The molecule has 2 N–H and O–H groups in total. The van der Waals surface area contributed by atoms with Crippen molar-refractivity contribution in [2.24, 2.45) is 0 Å². The second-order valence-electron chi connectivity index (χ2n) is 5.26. The van der Waals surface area contributed by atoms with Gasteiger partial charge in [0.1, 0.15) is 5.82 Å². The summed E-state index contributed by atoms with van der Waals surface area (Å²) in [5.41, 5.74) is 0.749. The second-order valence-corrected chi connectivity index (χ2v) is 6.95. The lowest BCUT2D eigenvalue weighted by molar-refractivity contribution is 0.0943. The highest BCUT2D eigenvalue weighted by molar-refractivity contribution is 7.92. The fourth-order valence-corrected chi connectivity index (χ4v) is 2.92. The normalized spacial score (nSPS) is 11.3. The van der Waals surface area contributed by atoms with Crippen LogP contribution in [-0.4, -0.2) is 20.4 Å². The first-order chi connectivity index (χ1) is 10.8. The van der Waals surface area contributed by atoms with Gasteiger partial charge >= 0.3 is 0 Å². The Labute approximate surface area is 134 Å². The number of sulfonamides is 1. The molecule has 0 saturated carbocycles. The summed E-state index contributed by atoms with van der Waals surface area (Å²) in [7, 11) is -3.80. The van der Waals surface area contributed by atoms with Gasteiger partial charge in [0, 0.05) is 17.3 Å². The van der Waals surface area contributed by atoms with Crippen molar-refractivity contribution in [3.63, 3.8) is 0 Å². The molecule has 2 rings (SSSR count). The SMILES string of the molecule is CC(C)NC(=O)c1ccc(NS(=O)(=O)c2ccc(F)cc2)cc1. The molecule has 0 spiro atoms. The first-order valence-corrected chi connectivity index (χ1v) is 8.45. The van der Waals surface area contributed by atoms with Crippen LogP contribution < -0.4 is 10.0 Å². The van der Waals surface area contributed by atoms with Gasteiger partial charge in [-0.15, -0.1) is 0 Å². The molecule has 0 aliphatic carbocycles. The molecule has 0 unspecified atom stereocenters. The third-order valence-electron chi connectivity index (χ3n) is 2.94. The Hall–Kier alpha value is -2.41. The number of hydrogen-bond donors (Lipinski definition) is 2. The molecule has 0 aliphatic rings. The number of carbonyl (C=O) groups is 1. The molecule has 23 heavy (non-hydrogen) atoms. The van der Waals surface area contributed by atoms with Crippen molar-refractivity contribution < 1.29 is 17.6 Å². The van der Waals surface area contributed by atoms with Gasteiger partial charge in [0.15, 0.2) is 0 Å². The molecule has 1 amide bonds. The zero-order valence-electron chi connectivity index (χ0n) is 12.7. The minimum atomic E-state index is -3.80. The monoisotopic (exact) mass is 336 g/mol. The summed E-state index contributed by atoms with van der Waals surface area (Å²) in [6.07, 6.45) is 0. The van der Waals surface area contributed by atoms with E-state index in [2.05, 4.69) is 10.0 Å². The summed E-state index contributed by atoms with van der Waals surface area (Å²) in [5.74, 6) is -0.739. The minimum absolute atomic E-state index is 0.0131. The number of hydrogen-bond acceptors (Lipinski definition) is 3. The Kier molecular flexibility index (Phi) is 5.00. The van der Waals surface area contributed by atoms with Gasteiger partial charge in [0.25, 0.3) is 15.9 Å².